The molecule has 3 heterocycles. The lowest BCUT2D eigenvalue weighted by atomic mass is 10.0. The smallest absolute Gasteiger partial charge is 0.151 e. The third-order valence-electron chi connectivity index (χ3n) is 4.01. The first-order chi connectivity index (χ1) is 10.8. The van der Waals surface area contributed by atoms with Gasteiger partial charge in [0.1, 0.15) is 5.65 Å². The first-order valence-corrected chi connectivity index (χ1v) is 7.18. The highest BCUT2D eigenvalue weighted by Crippen LogP contribution is 2.36. The Balaban J connectivity index is 1.86. The van der Waals surface area contributed by atoms with E-state index in [1.54, 1.807) is 6.20 Å². The van der Waals surface area contributed by atoms with Gasteiger partial charge in [-0.2, -0.15) is 0 Å². The molecule has 0 bridgehead atoms. The average Bonchev–Trinajstić information content (AvgIpc) is 3.09. The SMILES string of the molecule is NCc1ccc2c(c1)C(=Cc1c[nH]c3ncccc13)C(O)N2. The van der Waals surface area contributed by atoms with Crippen LogP contribution in [0.2, 0.25) is 0 Å². The Labute approximate surface area is 127 Å². The minimum Gasteiger partial charge on any atom is -0.369 e. The van der Waals surface area contributed by atoms with Gasteiger partial charge in [-0.3, -0.25) is 0 Å². The van der Waals surface area contributed by atoms with Crippen LogP contribution in [0.1, 0.15) is 16.7 Å². The quantitative estimate of drug-likeness (QED) is 0.584. The molecule has 22 heavy (non-hydrogen) atoms. The lowest BCUT2D eigenvalue weighted by Crippen LogP contribution is -2.12. The van der Waals surface area contributed by atoms with Crippen LogP contribution in [-0.4, -0.2) is 21.3 Å². The molecule has 4 rings (SSSR count). The fraction of sp³-hybridized carbons (Fsp3) is 0.118. The highest BCUT2D eigenvalue weighted by Gasteiger charge is 2.24. The van der Waals surface area contributed by atoms with Gasteiger partial charge in [0.2, 0.25) is 0 Å². The first kappa shape index (κ1) is 13.1. The molecule has 0 fully saturated rings. The standard InChI is InChI=1S/C17H16N4O/c18-8-10-3-4-15-13(6-10)14(17(22)21-15)7-11-9-20-16-12(11)2-1-5-19-16/h1-7,9,17,21-22H,8,18H2,(H,19,20). The number of aliphatic hydroxyl groups excluding tert-OH is 1. The molecule has 3 aromatic rings. The van der Waals surface area contributed by atoms with E-state index in [1.807, 2.05) is 42.6 Å². The van der Waals surface area contributed by atoms with Crippen LogP contribution in [0.5, 0.6) is 0 Å². The summed E-state index contributed by atoms with van der Waals surface area (Å²) in [7, 11) is 0. The number of benzene rings is 1. The summed E-state index contributed by atoms with van der Waals surface area (Å²) < 4.78 is 0. The molecular formula is C17H16N4O. The largest absolute Gasteiger partial charge is 0.369 e. The van der Waals surface area contributed by atoms with Gasteiger partial charge in [0, 0.05) is 46.7 Å². The molecule has 0 saturated heterocycles. The molecule has 1 atom stereocenters. The number of nitrogens with two attached hydrogens (primary N) is 1. The summed E-state index contributed by atoms with van der Waals surface area (Å²) in [6.45, 7) is 0.480. The van der Waals surface area contributed by atoms with Crippen molar-refractivity contribution in [2.24, 2.45) is 5.73 Å². The molecule has 0 radical (unpaired) electrons. The van der Waals surface area contributed by atoms with Gasteiger partial charge in [-0.25, -0.2) is 4.98 Å². The van der Waals surface area contributed by atoms with Gasteiger partial charge < -0.3 is 21.1 Å². The van der Waals surface area contributed by atoms with E-state index in [4.69, 9.17) is 5.73 Å². The van der Waals surface area contributed by atoms with Gasteiger partial charge in [0.15, 0.2) is 6.23 Å². The highest BCUT2D eigenvalue weighted by atomic mass is 16.3. The molecule has 0 amide bonds. The topological polar surface area (TPSA) is 87.0 Å². The third-order valence-corrected chi connectivity index (χ3v) is 4.01. The van der Waals surface area contributed by atoms with Crippen molar-refractivity contribution in [2.45, 2.75) is 12.8 Å². The molecule has 1 unspecified atom stereocenters. The number of H-pyrrole nitrogens is 1. The lowest BCUT2D eigenvalue weighted by molar-refractivity contribution is 0.266. The number of hydrogen-bond acceptors (Lipinski definition) is 4. The first-order valence-electron chi connectivity index (χ1n) is 7.18. The molecule has 1 aliphatic heterocycles. The predicted molar refractivity (Wildman–Crippen MR) is 87.9 cm³/mol. The van der Waals surface area contributed by atoms with Crippen LogP contribution in [0, 0.1) is 0 Å². The molecule has 0 spiro atoms. The zero-order chi connectivity index (χ0) is 15.1. The van der Waals surface area contributed by atoms with E-state index in [-0.39, 0.29) is 0 Å². The fourth-order valence-electron chi connectivity index (χ4n) is 2.88. The Morgan fingerprint density at radius 1 is 1.32 bits per heavy atom. The van der Waals surface area contributed by atoms with Crippen molar-refractivity contribution in [1.82, 2.24) is 9.97 Å². The Morgan fingerprint density at radius 2 is 2.23 bits per heavy atom. The zero-order valence-corrected chi connectivity index (χ0v) is 11.9. The van der Waals surface area contributed by atoms with Gasteiger partial charge in [0.05, 0.1) is 0 Å². The lowest BCUT2D eigenvalue weighted by Gasteiger charge is -2.05. The summed E-state index contributed by atoms with van der Waals surface area (Å²) in [5.41, 5.74) is 11.4. The fourth-order valence-corrected chi connectivity index (χ4v) is 2.88. The van der Waals surface area contributed by atoms with Gasteiger partial charge in [-0.1, -0.05) is 6.07 Å². The Hall–Kier alpha value is -2.63. The predicted octanol–water partition coefficient (Wildman–Crippen LogP) is 2.31. The van der Waals surface area contributed by atoms with E-state index in [1.165, 1.54) is 0 Å². The average molecular weight is 292 g/mol. The van der Waals surface area contributed by atoms with Crippen LogP contribution >= 0.6 is 0 Å². The molecule has 5 heteroatoms. The van der Waals surface area contributed by atoms with Crippen LogP contribution in [0.4, 0.5) is 5.69 Å². The summed E-state index contributed by atoms with van der Waals surface area (Å²) in [5.74, 6) is 0. The maximum atomic E-state index is 10.3. The number of aromatic nitrogens is 2. The minimum atomic E-state index is -0.718. The maximum Gasteiger partial charge on any atom is 0.151 e. The number of nitrogens with one attached hydrogen (secondary N) is 2. The van der Waals surface area contributed by atoms with Crippen molar-refractivity contribution in [1.29, 1.82) is 0 Å². The van der Waals surface area contributed by atoms with Crippen molar-refractivity contribution in [3.63, 3.8) is 0 Å². The van der Waals surface area contributed by atoms with Crippen molar-refractivity contribution >= 4 is 28.4 Å². The molecule has 2 aromatic heterocycles. The second-order valence-corrected chi connectivity index (χ2v) is 5.37. The molecule has 0 saturated carbocycles. The van der Waals surface area contributed by atoms with Crippen molar-refractivity contribution in [2.75, 3.05) is 5.32 Å². The van der Waals surface area contributed by atoms with Gasteiger partial charge in [-0.15, -0.1) is 0 Å². The number of aromatic amines is 1. The number of rotatable bonds is 2. The summed E-state index contributed by atoms with van der Waals surface area (Å²) in [6, 6.07) is 9.87. The van der Waals surface area contributed by atoms with E-state index in [0.717, 1.165) is 39.0 Å². The normalized spacial score (nSPS) is 18.6. The molecule has 0 aliphatic carbocycles. The second-order valence-electron chi connectivity index (χ2n) is 5.37. The van der Waals surface area contributed by atoms with Crippen LogP contribution in [0.15, 0.2) is 42.7 Å². The summed E-state index contributed by atoms with van der Waals surface area (Å²) >= 11 is 0. The molecule has 5 nitrogen and oxygen atoms in total. The minimum absolute atomic E-state index is 0.480. The van der Waals surface area contributed by atoms with Crippen molar-refractivity contribution < 1.29 is 5.11 Å². The molecule has 1 aromatic carbocycles. The summed E-state index contributed by atoms with van der Waals surface area (Å²) in [4.78, 5) is 7.43. The molecular weight excluding hydrogens is 276 g/mol. The molecule has 1 aliphatic rings. The van der Waals surface area contributed by atoms with E-state index >= 15 is 0 Å². The Bertz CT molecular complexity index is 881. The zero-order valence-electron chi connectivity index (χ0n) is 11.9. The van der Waals surface area contributed by atoms with Gasteiger partial charge >= 0.3 is 0 Å². The number of nitrogens with zero attached hydrogens (tertiary/aromatic N) is 1. The Morgan fingerprint density at radius 3 is 3.09 bits per heavy atom. The van der Waals surface area contributed by atoms with E-state index < -0.39 is 6.23 Å². The van der Waals surface area contributed by atoms with Crippen molar-refractivity contribution in [3.05, 3.63) is 59.4 Å². The van der Waals surface area contributed by atoms with E-state index in [0.29, 0.717) is 6.54 Å². The van der Waals surface area contributed by atoms with Gasteiger partial charge in [0.25, 0.3) is 0 Å². The van der Waals surface area contributed by atoms with Crippen LogP contribution < -0.4 is 11.1 Å². The number of aliphatic hydroxyl groups is 1. The van der Waals surface area contributed by atoms with Crippen LogP contribution in [0.3, 0.4) is 0 Å². The third kappa shape index (κ3) is 1.99. The molecule has 5 N–H and O–H groups in total. The highest BCUT2D eigenvalue weighted by molar-refractivity contribution is 5.98. The monoisotopic (exact) mass is 292 g/mol. The second kappa shape index (κ2) is 4.98. The molecule has 110 valence electrons. The number of pyridine rings is 1. The van der Waals surface area contributed by atoms with Gasteiger partial charge in [-0.05, 0) is 35.9 Å². The Kier molecular flexibility index (Phi) is 2.96. The number of anilines is 1. The summed E-state index contributed by atoms with van der Waals surface area (Å²) in [6.07, 6.45) is 4.93. The van der Waals surface area contributed by atoms with Crippen LogP contribution in [0.25, 0.3) is 22.7 Å². The van der Waals surface area contributed by atoms with E-state index in [9.17, 15) is 5.11 Å². The summed E-state index contributed by atoms with van der Waals surface area (Å²) in [5, 5.41) is 14.4. The number of fused-ring (bicyclic) bond motifs is 2. The number of hydrogen-bond donors (Lipinski definition) is 4. The van der Waals surface area contributed by atoms with E-state index in [2.05, 4.69) is 15.3 Å². The maximum absolute atomic E-state index is 10.3. The van der Waals surface area contributed by atoms with Crippen LogP contribution in [-0.2, 0) is 6.54 Å². The van der Waals surface area contributed by atoms with Crippen molar-refractivity contribution in [3.8, 4) is 0 Å².